The Morgan fingerprint density at radius 2 is 1.95 bits per heavy atom. The molecule has 2 aliphatic heterocycles. The van der Waals surface area contributed by atoms with Crippen LogP contribution in [0.25, 0.3) is 16.2 Å². The molecule has 15 heteroatoms. The summed E-state index contributed by atoms with van der Waals surface area (Å²) in [7, 11) is 1.54. The number of hydrogen-bond acceptors (Lipinski definition) is 12. The first-order valence-corrected chi connectivity index (χ1v) is 13.6. The van der Waals surface area contributed by atoms with Crippen LogP contribution in [0, 0.1) is 12.8 Å². The first kappa shape index (κ1) is 26.6. The Labute approximate surface area is 237 Å². The van der Waals surface area contributed by atoms with Crippen LogP contribution in [0.2, 0.25) is 0 Å². The minimum Gasteiger partial charge on any atom is -0.495 e. The number of pyridine rings is 3. The Kier molecular flexibility index (Phi) is 6.96. The molecule has 41 heavy (non-hydrogen) atoms. The van der Waals surface area contributed by atoms with Crippen molar-refractivity contribution in [2.24, 2.45) is 5.92 Å². The Morgan fingerprint density at radius 1 is 1.17 bits per heavy atom. The predicted octanol–water partition coefficient (Wildman–Crippen LogP) is 1.56. The fourth-order valence-corrected chi connectivity index (χ4v) is 5.44. The van der Waals surface area contributed by atoms with Crippen LogP contribution in [0.4, 0.5) is 17.6 Å². The van der Waals surface area contributed by atoms with Crippen LogP contribution >= 0.6 is 11.5 Å². The second-order valence-electron chi connectivity index (χ2n) is 9.69. The highest BCUT2D eigenvalue weighted by Crippen LogP contribution is 2.29. The number of hydrogen-bond donors (Lipinski definition) is 2. The molecule has 212 valence electrons. The number of nitrogens with one attached hydrogen (secondary N) is 1. The third-order valence-corrected chi connectivity index (χ3v) is 7.78. The van der Waals surface area contributed by atoms with Gasteiger partial charge in [-0.3, -0.25) is 14.2 Å². The van der Waals surface area contributed by atoms with Crippen LogP contribution < -0.4 is 25.3 Å². The standard InChI is InChI=1S/C26H26N8O6S/c1-14-9-19(33-11-15(12-33)23(36)28-18-4-3-16(39-2)10-27-18)29-22-20(14)21(35)17(24(37)38)13-34(22)26-30-25(31-41-26)32-5-7-40-8-6-32/h3-4,9-10,13,15H,5-8,11-12H2,1-2H3,(H,37,38)(H,27,28,36). The summed E-state index contributed by atoms with van der Waals surface area (Å²) in [6.45, 7) is 4.98. The molecule has 6 heterocycles. The van der Waals surface area contributed by atoms with E-state index in [1.54, 1.807) is 32.2 Å². The molecule has 0 unspecified atom stereocenters. The van der Waals surface area contributed by atoms with E-state index in [-0.39, 0.29) is 28.4 Å². The van der Waals surface area contributed by atoms with Crippen molar-refractivity contribution in [2.75, 3.05) is 61.6 Å². The molecule has 0 spiro atoms. The number of aryl methyl sites for hydroxylation is 1. The third-order valence-electron chi connectivity index (χ3n) is 7.08. The molecule has 4 aromatic rings. The summed E-state index contributed by atoms with van der Waals surface area (Å²) in [6, 6.07) is 5.12. The van der Waals surface area contributed by atoms with E-state index in [0.717, 1.165) is 11.5 Å². The van der Waals surface area contributed by atoms with Crippen molar-refractivity contribution in [2.45, 2.75) is 6.92 Å². The van der Waals surface area contributed by atoms with Gasteiger partial charge in [-0.15, -0.1) is 0 Å². The van der Waals surface area contributed by atoms with E-state index in [1.165, 1.54) is 17.0 Å². The number of nitrogens with zero attached hydrogens (tertiary/aromatic N) is 7. The number of anilines is 3. The third kappa shape index (κ3) is 5.04. The summed E-state index contributed by atoms with van der Waals surface area (Å²) in [4.78, 5) is 55.4. The summed E-state index contributed by atoms with van der Waals surface area (Å²) < 4.78 is 16.5. The molecule has 0 saturated carbocycles. The summed E-state index contributed by atoms with van der Waals surface area (Å²) in [5.41, 5.74) is -0.160. The van der Waals surface area contributed by atoms with Crippen molar-refractivity contribution in [3.05, 3.63) is 51.9 Å². The van der Waals surface area contributed by atoms with Gasteiger partial charge in [-0.05, 0) is 30.7 Å². The van der Waals surface area contributed by atoms with Gasteiger partial charge in [-0.2, -0.15) is 9.36 Å². The lowest BCUT2D eigenvalue weighted by Crippen LogP contribution is -2.52. The minimum atomic E-state index is -1.34. The summed E-state index contributed by atoms with van der Waals surface area (Å²) >= 11 is 1.09. The number of methoxy groups -OCH3 is 1. The molecule has 0 atom stereocenters. The zero-order valence-corrected chi connectivity index (χ0v) is 23.1. The summed E-state index contributed by atoms with van der Waals surface area (Å²) in [6.07, 6.45) is 2.78. The molecule has 1 amide bonds. The SMILES string of the molecule is COc1ccc(NC(=O)C2CN(c3cc(C)c4c(=O)c(C(=O)O)cn(-c5nc(N6CCOCC6)ns5)c4n3)C2)nc1. The number of rotatable bonds is 7. The number of amides is 1. The van der Waals surface area contributed by atoms with Crippen molar-refractivity contribution in [1.29, 1.82) is 0 Å². The van der Waals surface area contributed by atoms with Crippen molar-refractivity contribution in [3.8, 4) is 10.9 Å². The zero-order valence-electron chi connectivity index (χ0n) is 22.2. The molecular weight excluding hydrogens is 552 g/mol. The van der Waals surface area contributed by atoms with Gasteiger partial charge in [0, 0.05) is 43.9 Å². The first-order valence-electron chi connectivity index (χ1n) is 12.9. The molecular formula is C26H26N8O6S. The second-order valence-corrected chi connectivity index (χ2v) is 10.4. The van der Waals surface area contributed by atoms with E-state index in [1.807, 2.05) is 9.80 Å². The van der Waals surface area contributed by atoms with E-state index in [2.05, 4.69) is 19.7 Å². The maximum Gasteiger partial charge on any atom is 0.341 e. The van der Waals surface area contributed by atoms with Crippen molar-refractivity contribution in [1.82, 2.24) is 23.9 Å². The van der Waals surface area contributed by atoms with Gasteiger partial charge < -0.3 is 29.7 Å². The topological polar surface area (TPSA) is 165 Å². The van der Waals surface area contributed by atoms with E-state index >= 15 is 0 Å². The molecule has 6 rings (SSSR count). The van der Waals surface area contributed by atoms with Gasteiger partial charge in [0.05, 0.1) is 37.8 Å². The minimum absolute atomic E-state index is 0.163. The van der Waals surface area contributed by atoms with Crippen LogP contribution in [-0.4, -0.2) is 87.4 Å². The number of aromatic nitrogens is 5. The average molecular weight is 579 g/mol. The number of carbonyl (C=O) groups excluding carboxylic acids is 1. The molecule has 0 bridgehead atoms. The Balaban J connectivity index is 1.30. The average Bonchev–Trinajstić information content (AvgIpc) is 3.43. The Hall–Kier alpha value is -4.63. The van der Waals surface area contributed by atoms with Crippen molar-refractivity contribution < 1.29 is 24.2 Å². The Morgan fingerprint density at radius 3 is 2.63 bits per heavy atom. The van der Waals surface area contributed by atoms with Gasteiger partial charge >= 0.3 is 5.97 Å². The number of ether oxygens (including phenoxy) is 2. The van der Waals surface area contributed by atoms with E-state index in [9.17, 15) is 19.5 Å². The smallest absolute Gasteiger partial charge is 0.341 e. The number of morpholine rings is 1. The van der Waals surface area contributed by atoms with Crippen LogP contribution in [0.1, 0.15) is 15.9 Å². The quantitative estimate of drug-likeness (QED) is 0.326. The lowest BCUT2D eigenvalue weighted by atomic mass is 9.98. The normalized spacial score (nSPS) is 15.6. The van der Waals surface area contributed by atoms with Crippen molar-refractivity contribution >= 4 is 52.0 Å². The molecule has 4 aromatic heterocycles. The lowest BCUT2D eigenvalue weighted by molar-refractivity contribution is -0.120. The highest BCUT2D eigenvalue weighted by molar-refractivity contribution is 7.08. The molecule has 2 N–H and O–H groups in total. The van der Waals surface area contributed by atoms with Gasteiger partial charge in [0.25, 0.3) is 0 Å². The lowest BCUT2D eigenvalue weighted by Gasteiger charge is -2.39. The van der Waals surface area contributed by atoms with E-state index in [4.69, 9.17) is 14.5 Å². The van der Waals surface area contributed by atoms with Crippen LogP contribution in [0.5, 0.6) is 5.75 Å². The number of fused-ring (bicyclic) bond motifs is 1. The fourth-order valence-electron chi connectivity index (χ4n) is 4.77. The number of aromatic carboxylic acids is 1. The molecule has 2 saturated heterocycles. The van der Waals surface area contributed by atoms with Crippen LogP contribution in [0.3, 0.4) is 0 Å². The van der Waals surface area contributed by atoms with Gasteiger partial charge in [-0.25, -0.2) is 14.8 Å². The van der Waals surface area contributed by atoms with Gasteiger partial charge in [0.2, 0.25) is 22.4 Å². The zero-order chi connectivity index (χ0) is 28.7. The summed E-state index contributed by atoms with van der Waals surface area (Å²) in [5.74, 6) is 0.311. The number of carboxylic acid groups (broad SMARTS) is 1. The molecule has 2 fully saturated rings. The number of carboxylic acids is 1. The van der Waals surface area contributed by atoms with Crippen LogP contribution in [0.15, 0.2) is 35.4 Å². The Bertz CT molecular complexity index is 1690. The monoisotopic (exact) mass is 578 g/mol. The maximum atomic E-state index is 13.2. The highest BCUT2D eigenvalue weighted by Gasteiger charge is 2.34. The largest absolute Gasteiger partial charge is 0.495 e. The van der Waals surface area contributed by atoms with Gasteiger partial charge in [-0.1, -0.05) is 0 Å². The van der Waals surface area contributed by atoms with Crippen molar-refractivity contribution in [3.63, 3.8) is 0 Å². The molecule has 0 radical (unpaired) electrons. The highest BCUT2D eigenvalue weighted by atomic mass is 32.1. The molecule has 14 nitrogen and oxygen atoms in total. The molecule has 2 aliphatic rings. The van der Waals surface area contributed by atoms with Gasteiger partial charge in [0.15, 0.2) is 5.65 Å². The van der Waals surface area contributed by atoms with Crippen LogP contribution in [-0.2, 0) is 9.53 Å². The maximum absolute atomic E-state index is 13.2. The summed E-state index contributed by atoms with van der Waals surface area (Å²) in [5, 5.41) is 13.1. The van der Waals surface area contributed by atoms with E-state index in [0.29, 0.717) is 73.4 Å². The number of carbonyl (C=O) groups is 2. The second kappa shape index (κ2) is 10.7. The van der Waals surface area contributed by atoms with Gasteiger partial charge in [0.1, 0.15) is 22.9 Å². The van der Waals surface area contributed by atoms with E-state index < -0.39 is 11.4 Å². The molecule has 0 aliphatic carbocycles. The predicted molar refractivity (Wildman–Crippen MR) is 151 cm³/mol. The molecule has 0 aromatic carbocycles. The first-order chi connectivity index (χ1) is 19.8. The fraction of sp³-hybridized carbons (Fsp3) is 0.346.